The summed E-state index contributed by atoms with van der Waals surface area (Å²) in [6, 6.07) is 0. The Balaban J connectivity index is 2.92. The minimum atomic E-state index is -1.74. The van der Waals surface area contributed by atoms with Gasteiger partial charge < -0.3 is 4.43 Å². The van der Waals surface area contributed by atoms with E-state index >= 15 is 0 Å². The minimum absolute atomic E-state index is 0.199. The Hall–Kier alpha value is -0.413. The molecule has 140 valence electrons. The van der Waals surface area contributed by atoms with Crippen LogP contribution >= 0.6 is 0 Å². The monoisotopic (exact) mass is 352 g/mol. The molecule has 0 aliphatic heterocycles. The van der Waals surface area contributed by atoms with Crippen molar-refractivity contribution in [3.05, 3.63) is 12.7 Å². The minimum Gasteiger partial charge on any atom is -0.417 e. The van der Waals surface area contributed by atoms with Crippen molar-refractivity contribution < 1.29 is 9.22 Å². The van der Waals surface area contributed by atoms with E-state index in [0.717, 1.165) is 25.9 Å². The van der Waals surface area contributed by atoms with Crippen molar-refractivity contribution in [2.24, 2.45) is 29.6 Å². The zero-order chi connectivity index (χ0) is 18.7. The van der Waals surface area contributed by atoms with Crippen LogP contribution in [0.2, 0.25) is 18.1 Å². The Labute approximate surface area is 151 Å². The number of hydrogen-bond donors (Lipinski definition) is 0. The molecule has 1 fully saturated rings. The van der Waals surface area contributed by atoms with Crippen LogP contribution in [0.15, 0.2) is 12.7 Å². The molecule has 0 heterocycles. The van der Waals surface area contributed by atoms with Crippen LogP contribution in [0.5, 0.6) is 0 Å². The summed E-state index contributed by atoms with van der Waals surface area (Å²) in [5.41, 5.74) is 0. The largest absolute Gasteiger partial charge is 0.417 e. The summed E-state index contributed by atoms with van der Waals surface area (Å²) in [5, 5.41) is 0.241. The molecule has 3 heteroatoms. The fourth-order valence-corrected chi connectivity index (χ4v) is 4.71. The number of ketones is 1. The highest BCUT2D eigenvalue weighted by Gasteiger charge is 2.41. The molecule has 0 aromatic heterocycles. The summed E-state index contributed by atoms with van der Waals surface area (Å²) >= 11 is 0. The highest BCUT2D eigenvalue weighted by Crippen LogP contribution is 2.43. The van der Waals surface area contributed by atoms with E-state index in [2.05, 4.69) is 61.2 Å². The van der Waals surface area contributed by atoms with Gasteiger partial charge in [0, 0.05) is 18.9 Å². The Kier molecular flexibility index (Phi) is 7.49. The third-order valence-electron chi connectivity index (χ3n) is 6.56. The Morgan fingerprint density at radius 1 is 1.33 bits per heavy atom. The van der Waals surface area contributed by atoms with E-state index < -0.39 is 8.32 Å². The lowest BCUT2D eigenvalue weighted by atomic mass is 9.65. The highest BCUT2D eigenvalue weighted by atomic mass is 28.4. The van der Waals surface area contributed by atoms with Gasteiger partial charge in [-0.15, -0.1) is 6.58 Å². The summed E-state index contributed by atoms with van der Waals surface area (Å²) < 4.78 is 6.59. The first kappa shape index (κ1) is 21.6. The van der Waals surface area contributed by atoms with Gasteiger partial charge in [-0.3, -0.25) is 4.79 Å². The lowest BCUT2D eigenvalue weighted by Gasteiger charge is -2.43. The van der Waals surface area contributed by atoms with Crippen LogP contribution < -0.4 is 0 Å². The van der Waals surface area contributed by atoms with Crippen molar-refractivity contribution in [1.29, 1.82) is 0 Å². The number of allylic oxidation sites excluding steroid dienone is 1. The smallest absolute Gasteiger partial charge is 0.191 e. The summed E-state index contributed by atoms with van der Waals surface area (Å²) in [5.74, 6) is 2.75. The molecule has 1 aliphatic carbocycles. The van der Waals surface area contributed by atoms with Crippen LogP contribution in [0.1, 0.15) is 60.8 Å². The van der Waals surface area contributed by atoms with Crippen molar-refractivity contribution in [3.8, 4) is 0 Å². The zero-order valence-electron chi connectivity index (χ0n) is 17.3. The molecule has 0 aromatic rings. The van der Waals surface area contributed by atoms with Crippen molar-refractivity contribution in [1.82, 2.24) is 0 Å². The summed E-state index contributed by atoms with van der Waals surface area (Å²) in [6.45, 7) is 23.0. The van der Waals surface area contributed by atoms with Gasteiger partial charge in [0.15, 0.2) is 8.32 Å². The maximum atomic E-state index is 12.2. The van der Waals surface area contributed by atoms with Crippen LogP contribution in [-0.2, 0) is 9.22 Å². The molecule has 1 saturated carbocycles. The second kappa shape index (κ2) is 8.31. The average Bonchev–Trinajstić information content (AvgIpc) is 2.42. The zero-order valence-corrected chi connectivity index (χ0v) is 18.3. The Morgan fingerprint density at radius 2 is 1.92 bits per heavy atom. The second-order valence-electron chi connectivity index (χ2n) is 9.73. The van der Waals surface area contributed by atoms with Gasteiger partial charge in [0.25, 0.3) is 0 Å². The SMILES string of the molecule is C=CC[C@@H]1CC(=O)[C@H](C)C[C@H]1[C@@H](CO[Si](C)(C)C(C)(C)C)C(C)C. The summed E-state index contributed by atoms with van der Waals surface area (Å²) in [7, 11) is -1.74. The van der Waals surface area contributed by atoms with Crippen LogP contribution in [0.4, 0.5) is 0 Å². The molecule has 0 unspecified atom stereocenters. The summed E-state index contributed by atoms with van der Waals surface area (Å²) in [6.07, 6.45) is 4.68. The molecule has 0 saturated heterocycles. The molecule has 0 spiro atoms. The normalized spacial score (nSPS) is 27.4. The molecule has 0 radical (unpaired) electrons. The van der Waals surface area contributed by atoms with Crippen molar-refractivity contribution >= 4 is 14.1 Å². The van der Waals surface area contributed by atoms with Crippen LogP contribution in [0, 0.1) is 29.6 Å². The van der Waals surface area contributed by atoms with Gasteiger partial charge in [-0.25, -0.2) is 0 Å². The molecule has 0 N–H and O–H groups in total. The first-order valence-corrected chi connectivity index (χ1v) is 12.6. The molecule has 24 heavy (non-hydrogen) atoms. The maximum absolute atomic E-state index is 12.2. The fourth-order valence-electron chi connectivity index (χ4n) is 3.67. The number of hydrogen-bond acceptors (Lipinski definition) is 2. The van der Waals surface area contributed by atoms with Gasteiger partial charge in [-0.2, -0.15) is 0 Å². The van der Waals surface area contributed by atoms with Gasteiger partial charge in [-0.1, -0.05) is 47.6 Å². The van der Waals surface area contributed by atoms with E-state index in [1.165, 1.54) is 0 Å². The number of carbonyl (C=O) groups excluding carboxylic acids is 1. The topological polar surface area (TPSA) is 26.3 Å². The second-order valence-corrected chi connectivity index (χ2v) is 14.5. The number of carbonyl (C=O) groups is 1. The molecular formula is C21H40O2Si. The predicted molar refractivity (Wildman–Crippen MR) is 107 cm³/mol. The highest BCUT2D eigenvalue weighted by molar-refractivity contribution is 6.74. The molecule has 1 aliphatic rings. The third kappa shape index (κ3) is 5.29. The fraction of sp³-hybridized carbons (Fsp3) is 0.857. The quantitative estimate of drug-likeness (QED) is 0.409. The molecule has 0 bridgehead atoms. The molecule has 4 atom stereocenters. The van der Waals surface area contributed by atoms with E-state index in [0.29, 0.717) is 29.5 Å². The molecule has 0 aromatic carbocycles. The summed E-state index contributed by atoms with van der Waals surface area (Å²) in [4.78, 5) is 12.2. The van der Waals surface area contributed by atoms with Crippen LogP contribution in [-0.4, -0.2) is 20.7 Å². The lowest BCUT2D eigenvalue weighted by Crippen LogP contribution is -2.45. The maximum Gasteiger partial charge on any atom is 0.191 e. The van der Waals surface area contributed by atoms with Crippen molar-refractivity contribution in [2.75, 3.05) is 6.61 Å². The predicted octanol–water partition coefficient (Wildman–Crippen LogP) is 6.09. The third-order valence-corrected chi connectivity index (χ3v) is 11.1. The van der Waals surface area contributed by atoms with Gasteiger partial charge in [0.05, 0.1) is 0 Å². The van der Waals surface area contributed by atoms with Crippen molar-refractivity contribution in [3.63, 3.8) is 0 Å². The van der Waals surface area contributed by atoms with Gasteiger partial charge in [-0.05, 0) is 54.6 Å². The van der Waals surface area contributed by atoms with Gasteiger partial charge >= 0.3 is 0 Å². The Morgan fingerprint density at radius 3 is 2.38 bits per heavy atom. The first-order chi connectivity index (χ1) is 10.9. The van der Waals surface area contributed by atoms with Crippen LogP contribution in [0.25, 0.3) is 0 Å². The number of rotatable bonds is 7. The van der Waals surface area contributed by atoms with Crippen molar-refractivity contribution in [2.45, 2.75) is 78.9 Å². The number of Topliss-reactive ketones (excluding diaryl/α,β-unsaturated/α-hetero) is 1. The van der Waals surface area contributed by atoms with E-state index in [1.54, 1.807) is 0 Å². The molecule has 2 nitrogen and oxygen atoms in total. The lowest BCUT2D eigenvalue weighted by molar-refractivity contribution is -0.128. The van der Waals surface area contributed by atoms with E-state index in [9.17, 15) is 4.79 Å². The van der Waals surface area contributed by atoms with Gasteiger partial charge in [0.1, 0.15) is 5.78 Å². The van der Waals surface area contributed by atoms with E-state index in [4.69, 9.17) is 4.43 Å². The Bertz CT molecular complexity index is 434. The standard InChI is InChI=1S/C21H40O2Si/c1-10-11-17-13-20(22)16(4)12-18(17)19(15(2)3)14-23-24(8,9)21(5,6)7/h10,15-19H,1,11-14H2,2-9H3/t16-,17-,18-,19+/m1/s1. The van der Waals surface area contributed by atoms with E-state index in [-0.39, 0.29) is 11.0 Å². The van der Waals surface area contributed by atoms with Crippen LogP contribution in [0.3, 0.4) is 0 Å². The molecular weight excluding hydrogens is 312 g/mol. The first-order valence-electron chi connectivity index (χ1n) is 9.68. The van der Waals surface area contributed by atoms with E-state index in [1.807, 2.05) is 6.08 Å². The molecule has 1 rings (SSSR count). The average molecular weight is 353 g/mol. The van der Waals surface area contributed by atoms with Gasteiger partial charge in [0.2, 0.25) is 0 Å². The molecule has 0 amide bonds.